The van der Waals surface area contributed by atoms with E-state index in [2.05, 4.69) is 0 Å². The Morgan fingerprint density at radius 2 is 1.03 bits per heavy atom. The maximum Gasteiger partial charge on any atom is 0.338 e. The summed E-state index contributed by atoms with van der Waals surface area (Å²) in [7, 11) is 0. The SMILES string of the molecule is CCOC(=O)c1cc(F)cc(-c2cccc3cc(Cc4cc(F)cc(Cl)c4)sc23)c1.O=C(O)c1cc(F)cc(-c2cccc3cc(Cc4cc(F)cc(Cl)c4)sc23)c1. The van der Waals surface area contributed by atoms with E-state index in [1.807, 2.05) is 48.5 Å². The van der Waals surface area contributed by atoms with E-state index in [4.69, 9.17) is 27.9 Å². The van der Waals surface area contributed by atoms with Crippen molar-refractivity contribution in [3.63, 3.8) is 0 Å². The highest BCUT2D eigenvalue weighted by Gasteiger charge is 2.16. The van der Waals surface area contributed by atoms with Crippen molar-refractivity contribution in [1.82, 2.24) is 0 Å². The summed E-state index contributed by atoms with van der Waals surface area (Å²) in [5.74, 6) is -3.59. The molecule has 0 aliphatic carbocycles. The number of carboxylic acids is 1. The van der Waals surface area contributed by atoms with Gasteiger partial charge in [-0.25, -0.2) is 27.2 Å². The van der Waals surface area contributed by atoms with Crippen LogP contribution < -0.4 is 0 Å². The third kappa shape index (κ3) is 9.60. The van der Waals surface area contributed by atoms with Crippen molar-refractivity contribution >= 4 is 78.0 Å². The lowest BCUT2D eigenvalue weighted by atomic mass is 10.0. The Morgan fingerprint density at radius 1 is 0.586 bits per heavy atom. The summed E-state index contributed by atoms with van der Waals surface area (Å²) in [5, 5.41) is 11.9. The number of ether oxygens (including phenoxy) is 1. The van der Waals surface area contributed by atoms with Gasteiger partial charge in [-0.1, -0.05) is 59.6 Å². The van der Waals surface area contributed by atoms with Gasteiger partial charge in [0, 0.05) is 42.0 Å². The Labute approximate surface area is 348 Å². The van der Waals surface area contributed by atoms with Crippen molar-refractivity contribution in [3.8, 4) is 22.3 Å². The molecule has 0 bridgehead atoms. The summed E-state index contributed by atoms with van der Waals surface area (Å²) in [6.07, 6.45) is 1.05. The summed E-state index contributed by atoms with van der Waals surface area (Å²) in [6.45, 7) is 1.93. The van der Waals surface area contributed by atoms with Crippen LogP contribution in [0.2, 0.25) is 10.0 Å². The molecule has 58 heavy (non-hydrogen) atoms. The van der Waals surface area contributed by atoms with Crippen LogP contribution in [-0.4, -0.2) is 23.7 Å². The molecule has 4 nitrogen and oxygen atoms in total. The maximum atomic E-state index is 14.2. The number of carboxylic acid groups (broad SMARTS) is 1. The standard InChI is InChI=1S/C24H17ClF2O2S.C22H13ClF2O2S/c1-2-29-24(28)17-9-16(10-20(27)11-17)22-5-3-4-15-12-21(30-23(15)22)8-14-6-18(25)13-19(26)7-14;23-16-4-12(5-17(24)11-16)6-19-10-13-2-1-3-20(21(13)28-19)14-7-15(22(26)27)9-18(25)8-14/h3-7,9-13H,2,8H2,1H3;1-5,7-11H,6H2,(H,26,27). The van der Waals surface area contributed by atoms with Gasteiger partial charge < -0.3 is 9.84 Å². The van der Waals surface area contributed by atoms with Crippen molar-refractivity contribution in [3.05, 3.63) is 187 Å². The van der Waals surface area contributed by atoms with Crippen LogP contribution in [0.3, 0.4) is 0 Å². The van der Waals surface area contributed by atoms with Gasteiger partial charge in [0.15, 0.2) is 0 Å². The van der Waals surface area contributed by atoms with Crippen LogP contribution in [0.15, 0.2) is 121 Å². The second-order valence-electron chi connectivity index (χ2n) is 13.3. The number of halogens is 6. The molecule has 0 unspecified atom stereocenters. The molecule has 6 aromatic carbocycles. The zero-order chi connectivity index (χ0) is 41.1. The van der Waals surface area contributed by atoms with Crippen LogP contribution in [-0.2, 0) is 17.6 Å². The molecule has 8 rings (SSSR count). The van der Waals surface area contributed by atoms with Gasteiger partial charge in [0.25, 0.3) is 0 Å². The Kier molecular flexibility index (Phi) is 12.3. The van der Waals surface area contributed by atoms with Gasteiger partial charge in [0.1, 0.15) is 23.3 Å². The number of carbonyl (C=O) groups excluding carboxylic acids is 1. The summed E-state index contributed by atoms with van der Waals surface area (Å²) < 4.78 is 62.3. The molecule has 0 saturated heterocycles. The van der Waals surface area contributed by atoms with E-state index in [0.29, 0.717) is 34.0 Å². The van der Waals surface area contributed by atoms with Crippen molar-refractivity contribution in [2.24, 2.45) is 0 Å². The van der Waals surface area contributed by atoms with Gasteiger partial charge in [-0.15, -0.1) is 22.7 Å². The van der Waals surface area contributed by atoms with Gasteiger partial charge in [-0.2, -0.15) is 0 Å². The van der Waals surface area contributed by atoms with Crippen LogP contribution >= 0.6 is 45.9 Å². The van der Waals surface area contributed by atoms with Crippen LogP contribution in [0, 0.1) is 23.3 Å². The fourth-order valence-corrected chi connectivity index (χ4v) is 9.58. The first-order chi connectivity index (χ1) is 27.8. The fraction of sp³-hybridized carbons (Fsp3) is 0.0870. The van der Waals surface area contributed by atoms with Crippen LogP contribution in [0.1, 0.15) is 48.5 Å². The number of carbonyl (C=O) groups is 2. The van der Waals surface area contributed by atoms with Gasteiger partial charge in [-0.3, -0.25) is 0 Å². The molecule has 2 heterocycles. The highest BCUT2D eigenvalue weighted by molar-refractivity contribution is 7.20. The third-order valence-electron chi connectivity index (χ3n) is 8.97. The summed E-state index contributed by atoms with van der Waals surface area (Å²) in [4.78, 5) is 25.4. The molecule has 8 aromatic rings. The number of esters is 1. The molecule has 0 spiro atoms. The Hall–Kier alpha value is -5.52. The number of fused-ring (bicyclic) bond motifs is 2. The van der Waals surface area contributed by atoms with Crippen LogP contribution in [0.25, 0.3) is 42.4 Å². The lowest BCUT2D eigenvalue weighted by Gasteiger charge is -2.07. The molecule has 0 radical (unpaired) electrons. The van der Waals surface area contributed by atoms with Gasteiger partial charge in [0.2, 0.25) is 0 Å². The number of thiophene rings is 2. The molecule has 2 aromatic heterocycles. The predicted octanol–water partition coefficient (Wildman–Crippen LogP) is 14.1. The van der Waals surface area contributed by atoms with E-state index in [-0.39, 0.29) is 29.4 Å². The smallest absolute Gasteiger partial charge is 0.338 e. The first-order valence-electron chi connectivity index (χ1n) is 17.8. The van der Waals surface area contributed by atoms with E-state index in [9.17, 15) is 32.3 Å². The monoisotopic (exact) mass is 856 g/mol. The molecular weight excluding hydrogens is 828 g/mol. The third-order valence-corrected chi connectivity index (χ3v) is 11.8. The highest BCUT2D eigenvalue weighted by atomic mass is 35.5. The normalized spacial score (nSPS) is 11.1. The maximum absolute atomic E-state index is 14.2. The molecule has 1 N–H and O–H groups in total. The number of hydrogen-bond acceptors (Lipinski definition) is 5. The minimum Gasteiger partial charge on any atom is -0.478 e. The number of rotatable bonds is 9. The van der Waals surface area contributed by atoms with Gasteiger partial charge in [-0.05, 0) is 136 Å². The van der Waals surface area contributed by atoms with E-state index in [0.717, 1.165) is 58.2 Å². The minimum atomic E-state index is -1.18. The molecule has 0 fully saturated rings. The molecule has 0 aliphatic rings. The summed E-state index contributed by atoms with van der Waals surface area (Å²) in [6, 6.07) is 32.4. The fourth-order valence-electron chi connectivity index (χ4n) is 6.64. The van der Waals surface area contributed by atoms with Crippen molar-refractivity contribution in [1.29, 1.82) is 0 Å². The first-order valence-corrected chi connectivity index (χ1v) is 20.2. The van der Waals surface area contributed by atoms with Crippen molar-refractivity contribution in [2.45, 2.75) is 19.8 Å². The summed E-state index contributed by atoms with van der Waals surface area (Å²) >= 11 is 15.0. The van der Waals surface area contributed by atoms with Gasteiger partial charge in [0.05, 0.1) is 17.7 Å². The first kappa shape index (κ1) is 40.7. The second-order valence-corrected chi connectivity index (χ2v) is 16.4. The van der Waals surface area contributed by atoms with E-state index in [1.165, 1.54) is 59.9 Å². The topological polar surface area (TPSA) is 63.6 Å². The van der Waals surface area contributed by atoms with E-state index in [1.54, 1.807) is 36.5 Å². The average Bonchev–Trinajstić information content (AvgIpc) is 3.77. The van der Waals surface area contributed by atoms with E-state index < -0.39 is 23.6 Å². The molecule has 0 atom stereocenters. The second kappa shape index (κ2) is 17.5. The molecular formula is C46H30Cl2F4O4S2. The zero-order valence-electron chi connectivity index (χ0n) is 30.4. The quantitative estimate of drug-likeness (QED) is 0.116. The highest BCUT2D eigenvalue weighted by Crippen LogP contribution is 2.38. The Balaban J connectivity index is 0.000000177. The Bertz CT molecular complexity index is 2810. The van der Waals surface area contributed by atoms with Crippen LogP contribution in [0.5, 0.6) is 0 Å². The number of hydrogen-bond donors (Lipinski definition) is 1. The molecule has 0 amide bonds. The van der Waals surface area contributed by atoms with Gasteiger partial charge >= 0.3 is 11.9 Å². The van der Waals surface area contributed by atoms with E-state index >= 15 is 0 Å². The minimum absolute atomic E-state index is 0.0989. The largest absolute Gasteiger partial charge is 0.478 e. The van der Waals surface area contributed by atoms with Crippen molar-refractivity contribution < 1.29 is 37.0 Å². The zero-order valence-corrected chi connectivity index (χ0v) is 33.6. The lowest BCUT2D eigenvalue weighted by molar-refractivity contribution is 0.0525. The lowest BCUT2D eigenvalue weighted by Crippen LogP contribution is -2.05. The molecule has 12 heteroatoms. The molecule has 292 valence electrons. The van der Waals surface area contributed by atoms with Crippen molar-refractivity contribution in [2.75, 3.05) is 6.61 Å². The predicted molar refractivity (Wildman–Crippen MR) is 226 cm³/mol. The number of benzene rings is 6. The molecule has 0 saturated carbocycles. The number of aromatic carboxylic acids is 1. The summed E-state index contributed by atoms with van der Waals surface area (Å²) in [5.41, 5.74) is 4.31. The molecule has 0 aliphatic heterocycles. The van der Waals surface area contributed by atoms with Crippen LogP contribution in [0.4, 0.5) is 17.6 Å². The average molecular weight is 858 g/mol. The Morgan fingerprint density at radius 3 is 1.48 bits per heavy atom.